The zero-order chi connectivity index (χ0) is 24.2. The molecule has 0 aliphatic carbocycles. The third kappa shape index (κ3) is 5.00. The maximum atomic E-state index is 12.2. The van der Waals surface area contributed by atoms with Crippen molar-refractivity contribution in [3.63, 3.8) is 0 Å². The fraction of sp³-hybridized carbons (Fsp3) is 0.500. The first kappa shape index (κ1) is 23.6. The molecule has 2 aliphatic heterocycles. The number of carbonyl (C=O) groups is 2. The molecule has 4 rings (SSSR count). The fourth-order valence-electron chi connectivity index (χ4n) is 4.31. The minimum absolute atomic E-state index is 0.126. The molecule has 0 radical (unpaired) electrons. The van der Waals surface area contributed by atoms with Crippen LogP contribution < -0.4 is 15.0 Å². The summed E-state index contributed by atoms with van der Waals surface area (Å²) in [6.07, 6.45) is 2.80. The van der Waals surface area contributed by atoms with Crippen molar-refractivity contribution in [1.82, 2.24) is 14.9 Å². The molecule has 10 nitrogen and oxygen atoms in total. The lowest BCUT2D eigenvalue weighted by molar-refractivity contribution is 0.0600. The standard InChI is InChI=1S/C24H31N5O5/c1-15(2)34-24(31)28-9-7-18(8-10-28)29-11-12-33-20-21(25-14-26-22(20)29)27-19-6-5-17(13-16(19)3)23(30)32-4/h5-6,13-15,18H,7-12H2,1-4H3,(H,25,26,27). The first-order chi connectivity index (χ1) is 16.4. The number of anilines is 3. The van der Waals surface area contributed by atoms with Crippen LogP contribution in [0.2, 0.25) is 0 Å². The van der Waals surface area contributed by atoms with E-state index >= 15 is 0 Å². The molecular formula is C24H31N5O5. The summed E-state index contributed by atoms with van der Waals surface area (Å²) in [6.45, 7) is 8.15. The molecule has 1 saturated heterocycles. The van der Waals surface area contributed by atoms with Gasteiger partial charge in [0.05, 0.1) is 25.3 Å². The molecule has 0 atom stereocenters. The topological polar surface area (TPSA) is 106 Å². The second-order valence-corrected chi connectivity index (χ2v) is 8.71. The SMILES string of the molecule is COC(=O)c1ccc(Nc2ncnc3c2OCCN3C2CCN(C(=O)OC(C)C)CC2)c(C)c1. The van der Waals surface area contributed by atoms with Crippen LogP contribution in [-0.2, 0) is 9.47 Å². The zero-order valence-corrected chi connectivity index (χ0v) is 20.0. The Kier molecular flexibility index (Phi) is 7.04. The number of carbonyl (C=O) groups excluding carboxylic acids is 2. The molecule has 34 heavy (non-hydrogen) atoms. The number of hydrogen-bond donors (Lipinski definition) is 1. The molecule has 1 aromatic carbocycles. The molecule has 0 bridgehead atoms. The number of esters is 1. The van der Waals surface area contributed by atoms with Crippen molar-refractivity contribution in [2.45, 2.75) is 45.8 Å². The molecule has 1 amide bonds. The second kappa shape index (κ2) is 10.1. The van der Waals surface area contributed by atoms with Gasteiger partial charge in [-0.15, -0.1) is 0 Å². The van der Waals surface area contributed by atoms with E-state index in [4.69, 9.17) is 14.2 Å². The number of aromatic nitrogens is 2. The predicted molar refractivity (Wildman–Crippen MR) is 127 cm³/mol. The van der Waals surface area contributed by atoms with Crippen molar-refractivity contribution in [2.75, 3.05) is 43.6 Å². The predicted octanol–water partition coefficient (Wildman–Crippen LogP) is 3.52. The number of fused-ring (bicyclic) bond motifs is 1. The van der Waals surface area contributed by atoms with Crippen molar-refractivity contribution in [3.05, 3.63) is 35.7 Å². The molecule has 0 unspecified atom stereocenters. The second-order valence-electron chi connectivity index (χ2n) is 8.71. The average Bonchev–Trinajstić information content (AvgIpc) is 2.84. The summed E-state index contributed by atoms with van der Waals surface area (Å²) >= 11 is 0. The average molecular weight is 470 g/mol. The number of nitrogens with zero attached hydrogens (tertiary/aromatic N) is 4. The van der Waals surface area contributed by atoms with E-state index in [0.29, 0.717) is 36.8 Å². The van der Waals surface area contributed by atoms with Gasteiger partial charge in [-0.3, -0.25) is 0 Å². The summed E-state index contributed by atoms with van der Waals surface area (Å²) in [5, 5.41) is 3.32. The van der Waals surface area contributed by atoms with Crippen LogP contribution in [0.3, 0.4) is 0 Å². The van der Waals surface area contributed by atoms with Crippen LogP contribution in [0.25, 0.3) is 0 Å². The first-order valence-corrected chi connectivity index (χ1v) is 11.5. The third-order valence-corrected chi connectivity index (χ3v) is 6.04. The largest absolute Gasteiger partial charge is 0.485 e. The summed E-state index contributed by atoms with van der Waals surface area (Å²) in [7, 11) is 1.36. The van der Waals surface area contributed by atoms with Crippen molar-refractivity contribution in [1.29, 1.82) is 0 Å². The number of rotatable bonds is 5. The Morgan fingerprint density at radius 1 is 1.18 bits per heavy atom. The smallest absolute Gasteiger partial charge is 0.410 e. The van der Waals surface area contributed by atoms with Gasteiger partial charge in [-0.1, -0.05) is 0 Å². The summed E-state index contributed by atoms with van der Waals surface area (Å²) in [5.41, 5.74) is 2.18. The van der Waals surface area contributed by atoms with E-state index in [-0.39, 0.29) is 24.2 Å². The molecular weight excluding hydrogens is 438 g/mol. The van der Waals surface area contributed by atoms with Crippen LogP contribution in [0, 0.1) is 6.92 Å². The van der Waals surface area contributed by atoms with E-state index in [9.17, 15) is 9.59 Å². The number of hydrogen-bond acceptors (Lipinski definition) is 9. The van der Waals surface area contributed by atoms with Crippen LogP contribution in [-0.4, -0.2) is 72.4 Å². The number of ether oxygens (including phenoxy) is 3. The molecule has 0 spiro atoms. The lowest BCUT2D eigenvalue weighted by Crippen LogP contribution is -2.49. The highest BCUT2D eigenvalue weighted by Crippen LogP contribution is 2.39. The monoisotopic (exact) mass is 469 g/mol. The summed E-state index contributed by atoms with van der Waals surface area (Å²) < 4.78 is 16.1. The van der Waals surface area contributed by atoms with Crippen LogP contribution in [0.5, 0.6) is 5.75 Å². The van der Waals surface area contributed by atoms with Gasteiger partial charge in [-0.05, 0) is 57.4 Å². The highest BCUT2D eigenvalue weighted by atomic mass is 16.6. The van der Waals surface area contributed by atoms with Crippen LogP contribution in [0.15, 0.2) is 24.5 Å². The molecule has 1 fully saturated rings. The summed E-state index contributed by atoms with van der Waals surface area (Å²) in [4.78, 5) is 37.0. The van der Waals surface area contributed by atoms with Crippen molar-refractivity contribution < 1.29 is 23.8 Å². The Bertz CT molecular complexity index is 1050. The molecule has 2 aromatic rings. The van der Waals surface area contributed by atoms with Gasteiger partial charge in [0.1, 0.15) is 12.9 Å². The Morgan fingerprint density at radius 2 is 1.94 bits per heavy atom. The van der Waals surface area contributed by atoms with Gasteiger partial charge in [-0.2, -0.15) is 0 Å². The van der Waals surface area contributed by atoms with Crippen molar-refractivity contribution in [2.24, 2.45) is 0 Å². The van der Waals surface area contributed by atoms with Gasteiger partial charge in [0.15, 0.2) is 11.6 Å². The Balaban J connectivity index is 1.49. The van der Waals surface area contributed by atoms with Gasteiger partial charge in [0.2, 0.25) is 5.75 Å². The number of methoxy groups -OCH3 is 1. The third-order valence-electron chi connectivity index (χ3n) is 6.04. The van der Waals surface area contributed by atoms with Gasteiger partial charge in [0.25, 0.3) is 0 Å². The normalized spacial score (nSPS) is 16.0. The molecule has 2 aliphatic rings. The Morgan fingerprint density at radius 3 is 2.62 bits per heavy atom. The van der Waals surface area contributed by atoms with E-state index in [0.717, 1.165) is 36.5 Å². The van der Waals surface area contributed by atoms with Crippen LogP contribution >= 0.6 is 0 Å². The van der Waals surface area contributed by atoms with Gasteiger partial charge in [-0.25, -0.2) is 19.6 Å². The number of benzene rings is 1. The lowest BCUT2D eigenvalue weighted by atomic mass is 10.0. The number of nitrogens with one attached hydrogen (secondary N) is 1. The van der Waals surface area contributed by atoms with E-state index < -0.39 is 0 Å². The van der Waals surface area contributed by atoms with Crippen molar-refractivity contribution >= 4 is 29.4 Å². The summed E-state index contributed by atoms with van der Waals surface area (Å²) in [6, 6.07) is 5.55. The lowest BCUT2D eigenvalue weighted by Gasteiger charge is -2.41. The Hall–Kier alpha value is -3.56. The van der Waals surface area contributed by atoms with E-state index in [1.165, 1.54) is 13.4 Å². The molecule has 10 heteroatoms. The molecule has 3 heterocycles. The molecule has 0 saturated carbocycles. The minimum atomic E-state index is -0.378. The first-order valence-electron chi connectivity index (χ1n) is 11.5. The summed E-state index contributed by atoms with van der Waals surface area (Å²) in [5.74, 6) is 1.54. The molecule has 182 valence electrons. The number of likely N-dealkylation sites (tertiary alicyclic amines) is 1. The number of aryl methyl sites for hydroxylation is 1. The maximum Gasteiger partial charge on any atom is 0.410 e. The van der Waals surface area contributed by atoms with Gasteiger partial charge < -0.3 is 29.3 Å². The zero-order valence-electron chi connectivity index (χ0n) is 20.0. The minimum Gasteiger partial charge on any atom is -0.485 e. The highest BCUT2D eigenvalue weighted by molar-refractivity contribution is 5.90. The van der Waals surface area contributed by atoms with E-state index in [1.807, 2.05) is 26.8 Å². The maximum absolute atomic E-state index is 12.2. The quantitative estimate of drug-likeness (QED) is 0.658. The molecule has 1 N–H and O–H groups in total. The van der Waals surface area contributed by atoms with Gasteiger partial charge in [0, 0.05) is 24.8 Å². The Labute approximate surface area is 199 Å². The van der Waals surface area contributed by atoms with E-state index in [1.54, 1.807) is 17.0 Å². The number of piperidine rings is 1. The van der Waals surface area contributed by atoms with E-state index in [2.05, 4.69) is 20.2 Å². The van der Waals surface area contributed by atoms with Crippen LogP contribution in [0.1, 0.15) is 42.6 Å². The van der Waals surface area contributed by atoms with Crippen molar-refractivity contribution in [3.8, 4) is 5.75 Å². The number of amides is 1. The van der Waals surface area contributed by atoms with Gasteiger partial charge >= 0.3 is 12.1 Å². The molecule has 1 aromatic heterocycles. The van der Waals surface area contributed by atoms with Crippen LogP contribution in [0.4, 0.5) is 22.1 Å². The highest BCUT2D eigenvalue weighted by Gasteiger charge is 2.33. The fourth-order valence-corrected chi connectivity index (χ4v) is 4.31.